The van der Waals surface area contributed by atoms with Gasteiger partial charge >= 0.3 is 5.97 Å². The van der Waals surface area contributed by atoms with Gasteiger partial charge in [-0.15, -0.1) is 0 Å². The average molecular weight is 654 g/mol. The summed E-state index contributed by atoms with van der Waals surface area (Å²) in [4.78, 5) is 30.8. The number of carbonyl (C=O) groups is 1. The maximum atomic E-state index is 13.5. The van der Waals surface area contributed by atoms with Crippen LogP contribution in [0, 0.1) is 0 Å². The standard InChI is InChI=1S/C30H17BrCl3N3O3/c31-20-8-13-27(40-28(38)14-7-18-5-9-21(32)10-6-18)19(15-20)17-35-37-29(23-12-11-22(33)16-25(23)34)36-26-4-2-1-3-24(26)30(37)39/h1-17H/b14-7+,35-17?. The van der Waals surface area contributed by atoms with Gasteiger partial charge in [-0.3, -0.25) is 4.79 Å². The average Bonchev–Trinajstić information content (AvgIpc) is 2.93. The van der Waals surface area contributed by atoms with E-state index in [1.54, 1.807) is 91.0 Å². The number of esters is 1. The molecule has 0 saturated carbocycles. The van der Waals surface area contributed by atoms with Crippen molar-refractivity contribution < 1.29 is 9.53 Å². The lowest BCUT2D eigenvalue weighted by molar-refractivity contribution is -0.128. The summed E-state index contributed by atoms with van der Waals surface area (Å²) in [5, 5.41) is 6.18. The summed E-state index contributed by atoms with van der Waals surface area (Å²) < 4.78 is 7.45. The van der Waals surface area contributed by atoms with Crippen LogP contribution in [0.15, 0.2) is 105 Å². The molecule has 40 heavy (non-hydrogen) atoms. The Labute approximate surface area is 252 Å². The van der Waals surface area contributed by atoms with Crippen molar-refractivity contribution in [1.29, 1.82) is 0 Å². The highest BCUT2D eigenvalue weighted by Gasteiger charge is 2.16. The quantitative estimate of drug-likeness (QED) is 0.0800. The van der Waals surface area contributed by atoms with Gasteiger partial charge in [-0.1, -0.05) is 75.0 Å². The number of benzene rings is 4. The molecule has 1 aromatic heterocycles. The van der Waals surface area contributed by atoms with Crippen LogP contribution in [0.2, 0.25) is 15.1 Å². The first-order chi connectivity index (χ1) is 19.3. The number of ether oxygens (including phenoxy) is 1. The van der Waals surface area contributed by atoms with Crippen molar-refractivity contribution in [2.45, 2.75) is 0 Å². The maximum Gasteiger partial charge on any atom is 0.336 e. The summed E-state index contributed by atoms with van der Waals surface area (Å²) in [5.41, 5.74) is 1.79. The van der Waals surface area contributed by atoms with E-state index in [1.807, 2.05) is 0 Å². The van der Waals surface area contributed by atoms with Gasteiger partial charge in [-0.05, 0) is 72.3 Å². The van der Waals surface area contributed by atoms with Crippen LogP contribution in [0.5, 0.6) is 5.75 Å². The number of hydrogen-bond acceptors (Lipinski definition) is 5. The Morgan fingerprint density at radius 3 is 2.45 bits per heavy atom. The summed E-state index contributed by atoms with van der Waals surface area (Å²) in [6, 6.07) is 23.9. The zero-order valence-electron chi connectivity index (χ0n) is 20.4. The van der Waals surface area contributed by atoms with E-state index in [0.717, 1.165) is 14.7 Å². The highest BCUT2D eigenvalue weighted by Crippen LogP contribution is 2.30. The molecule has 6 nitrogen and oxygen atoms in total. The largest absolute Gasteiger partial charge is 0.423 e. The molecule has 1 heterocycles. The van der Waals surface area contributed by atoms with Crippen molar-refractivity contribution in [1.82, 2.24) is 9.66 Å². The number of halogens is 4. The highest BCUT2D eigenvalue weighted by atomic mass is 79.9. The molecule has 0 spiro atoms. The van der Waals surface area contributed by atoms with Crippen LogP contribution in [0.1, 0.15) is 11.1 Å². The molecule has 10 heteroatoms. The molecule has 0 bridgehead atoms. The van der Waals surface area contributed by atoms with Crippen LogP contribution in [-0.4, -0.2) is 21.8 Å². The van der Waals surface area contributed by atoms with Crippen molar-refractivity contribution in [3.05, 3.63) is 132 Å². The minimum absolute atomic E-state index is 0.223. The molecule has 4 aromatic carbocycles. The Morgan fingerprint density at radius 2 is 1.68 bits per heavy atom. The lowest BCUT2D eigenvalue weighted by Gasteiger charge is -2.11. The zero-order chi connectivity index (χ0) is 28.2. The van der Waals surface area contributed by atoms with Crippen LogP contribution in [0.3, 0.4) is 0 Å². The van der Waals surface area contributed by atoms with Crippen LogP contribution < -0.4 is 10.3 Å². The van der Waals surface area contributed by atoms with Crippen molar-refractivity contribution in [3.8, 4) is 17.1 Å². The van der Waals surface area contributed by atoms with Crippen molar-refractivity contribution in [2.75, 3.05) is 0 Å². The third kappa shape index (κ3) is 6.35. The van der Waals surface area contributed by atoms with Crippen LogP contribution >= 0.6 is 50.7 Å². The first-order valence-electron chi connectivity index (χ1n) is 11.7. The molecule has 0 amide bonds. The second kappa shape index (κ2) is 12.2. The molecule has 5 aromatic rings. The third-order valence-corrected chi connectivity index (χ3v) is 7.00. The monoisotopic (exact) mass is 651 g/mol. The van der Waals surface area contributed by atoms with Crippen LogP contribution in [0.25, 0.3) is 28.4 Å². The Morgan fingerprint density at radius 1 is 0.925 bits per heavy atom. The predicted octanol–water partition coefficient (Wildman–Crippen LogP) is 8.29. The van der Waals surface area contributed by atoms with Crippen molar-refractivity contribution >= 4 is 79.9 Å². The fourth-order valence-corrected chi connectivity index (χ4v) is 4.79. The van der Waals surface area contributed by atoms with E-state index in [4.69, 9.17) is 39.5 Å². The van der Waals surface area contributed by atoms with Gasteiger partial charge in [-0.25, -0.2) is 9.78 Å². The SMILES string of the molecule is O=C(/C=C/c1ccc(Cl)cc1)Oc1ccc(Br)cc1C=Nn1c(-c2ccc(Cl)cc2Cl)nc2ccccc2c1=O. The van der Waals surface area contributed by atoms with Gasteiger partial charge in [0.15, 0.2) is 5.82 Å². The first kappa shape index (κ1) is 27.8. The highest BCUT2D eigenvalue weighted by molar-refractivity contribution is 9.10. The summed E-state index contributed by atoms with van der Waals surface area (Å²) in [6.45, 7) is 0. The molecule has 5 rings (SSSR count). The molecular weight excluding hydrogens is 637 g/mol. The second-order valence-electron chi connectivity index (χ2n) is 8.43. The molecule has 0 aliphatic carbocycles. The first-order valence-corrected chi connectivity index (χ1v) is 13.7. The molecule has 198 valence electrons. The van der Waals surface area contributed by atoms with E-state index < -0.39 is 11.5 Å². The minimum Gasteiger partial charge on any atom is -0.423 e. The summed E-state index contributed by atoms with van der Waals surface area (Å²) in [5.74, 6) is -0.128. The number of rotatable bonds is 6. The Balaban J connectivity index is 1.53. The van der Waals surface area contributed by atoms with Crippen molar-refractivity contribution in [2.24, 2.45) is 5.10 Å². The number of hydrogen-bond donors (Lipinski definition) is 0. The van der Waals surface area contributed by atoms with E-state index in [9.17, 15) is 9.59 Å². The van der Waals surface area contributed by atoms with E-state index in [1.165, 1.54) is 12.3 Å². The molecule has 0 atom stereocenters. The van der Waals surface area contributed by atoms with Gasteiger partial charge in [0.25, 0.3) is 5.56 Å². The number of aromatic nitrogens is 2. The Bertz CT molecular complexity index is 1870. The van der Waals surface area contributed by atoms with Gasteiger partial charge in [-0.2, -0.15) is 9.78 Å². The fourth-order valence-electron chi connectivity index (χ4n) is 3.79. The molecule has 0 N–H and O–H groups in total. The number of nitrogens with zero attached hydrogens (tertiary/aromatic N) is 3. The van der Waals surface area contributed by atoms with Crippen molar-refractivity contribution in [3.63, 3.8) is 0 Å². The molecular formula is C30H17BrCl3N3O3. The number of para-hydroxylation sites is 1. The van der Waals surface area contributed by atoms with Gasteiger partial charge in [0, 0.05) is 31.7 Å². The normalized spacial score (nSPS) is 11.5. The third-order valence-electron chi connectivity index (χ3n) is 5.70. The van der Waals surface area contributed by atoms with Crippen LogP contribution in [0.4, 0.5) is 0 Å². The summed E-state index contributed by atoms with van der Waals surface area (Å²) in [7, 11) is 0. The zero-order valence-corrected chi connectivity index (χ0v) is 24.2. The summed E-state index contributed by atoms with van der Waals surface area (Å²) >= 11 is 21.9. The molecule has 0 fully saturated rings. The maximum absolute atomic E-state index is 13.5. The van der Waals surface area contributed by atoms with E-state index in [2.05, 4.69) is 26.0 Å². The summed E-state index contributed by atoms with van der Waals surface area (Å²) in [6.07, 6.45) is 4.35. The number of carbonyl (C=O) groups excluding carboxylic acids is 1. The van der Waals surface area contributed by atoms with Gasteiger partial charge in [0.05, 0.1) is 22.1 Å². The second-order valence-corrected chi connectivity index (χ2v) is 10.6. The van der Waals surface area contributed by atoms with Gasteiger partial charge < -0.3 is 4.74 Å². The molecule has 0 saturated heterocycles. The Hall–Kier alpha value is -3.75. The van der Waals surface area contributed by atoms with Gasteiger partial charge in [0.2, 0.25) is 0 Å². The molecule has 0 unspecified atom stereocenters. The van der Waals surface area contributed by atoms with E-state index in [-0.39, 0.29) is 11.6 Å². The Kier molecular flexibility index (Phi) is 8.47. The fraction of sp³-hybridized carbons (Fsp3) is 0. The molecule has 0 radical (unpaired) electrons. The smallest absolute Gasteiger partial charge is 0.336 e. The topological polar surface area (TPSA) is 73.5 Å². The predicted molar refractivity (Wildman–Crippen MR) is 165 cm³/mol. The number of fused-ring (bicyclic) bond motifs is 1. The van der Waals surface area contributed by atoms with Crippen LogP contribution in [-0.2, 0) is 4.79 Å². The van der Waals surface area contributed by atoms with E-state index >= 15 is 0 Å². The lowest BCUT2D eigenvalue weighted by atomic mass is 10.2. The lowest BCUT2D eigenvalue weighted by Crippen LogP contribution is -2.20. The molecule has 0 aliphatic rings. The molecule has 0 aliphatic heterocycles. The minimum atomic E-state index is -0.593. The van der Waals surface area contributed by atoms with Gasteiger partial charge in [0.1, 0.15) is 5.75 Å². The van der Waals surface area contributed by atoms with E-state index in [0.29, 0.717) is 37.1 Å².